The maximum Gasteiger partial charge on any atom is 0.0706 e. The van der Waals surface area contributed by atoms with Gasteiger partial charge in [0, 0.05) is 16.1 Å². The zero-order valence-electron chi connectivity index (χ0n) is 11.2. The highest BCUT2D eigenvalue weighted by Gasteiger charge is 2.13. The molecule has 0 aliphatic heterocycles. The lowest BCUT2D eigenvalue weighted by atomic mass is 9.86. The van der Waals surface area contributed by atoms with Gasteiger partial charge in [-0.3, -0.25) is 4.98 Å². The normalized spacial score (nSPS) is 16.9. The van der Waals surface area contributed by atoms with Crippen LogP contribution in [-0.4, -0.2) is 4.98 Å². The van der Waals surface area contributed by atoms with Crippen molar-refractivity contribution in [2.75, 3.05) is 0 Å². The van der Waals surface area contributed by atoms with E-state index >= 15 is 0 Å². The van der Waals surface area contributed by atoms with Crippen molar-refractivity contribution in [3.8, 4) is 0 Å². The van der Waals surface area contributed by atoms with Gasteiger partial charge in [-0.25, -0.2) is 0 Å². The number of fused-ring (bicyclic) bond motifs is 1. The van der Waals surface area contributed by atoms with Crippen LogP contribution >= 0.6 is 11.6 Å². The number of hydrogen-bond donors (Lipinski definition) is 0. The van der Waals surface area contributed by atoms with Gasteiger partial charge in [-0.05, 0) is 43.0 Å². The minimum absolute atomic E-state index is 0.782. The van der Waals surface area contributed by atoms with Gasteiger partial charge >= 0.3 is 0 Å². The van der Waals surface area contributed by atoms with Crippen LogP contribution in [0.25, 0.3) is 10.9 Å². The van der Waals surface area contributed by atoms with Gasteiger partial charge in [0.25, 0.3) is 0 Å². The van der Waals surface area contributed by atoms with E-state index in [1.54, 1.807) is 0 Å². The van der Waals surface area contributed by atoms with Crippen molar-refractivity contribution < 1.29 is 0 Å². The first-order valence-corrected chi connectivity index (χ1v) is 7.74. The molecular formula is C17H20ClN. The van der Waals surface area contributed by atoms with Crippen molar-refractivity contribution in [1.82, 2.24) is 4.98 Å². The molecule has 1 saturated carbocycles. The van der Waals surface area contributed by atoms with Gasteiger partial charge in [-0.2, -0.15) is 0 Å². The Morgan fingerprint density at radius 2 is 1.89 bits per heavy atom. The van der Waals surface area contributed by atoms with E-state index in [1.807, 2.05) is 18.2 Å². The summed E-state index contributed by atoms with van der Waals surface area (Å²) in [4.78, 5) is 4.74. The minimum Gasteiger partial charge on any atom is -0.253 e. The topological polar surface area (TPSA) is 12.9 Å². The van der Waals surface area contributed by atoms with Crippen LogP contribution in [0, 0.1) is 5.92 Å². The third-order valence-corrected chi connectivity index (χ3v) is 4.48. The van der Waals surface area contributed by atoms with Gasteiger partial charge in [0.05, 0.1) is 5.52 Å². The number of aryl methyl sites for hydroxylation is 1. The molecule has 0 amide bonds. The van der Waals surface area contributed by atoms with Gasteiger partial charge in [0.1, 0.15) is 0 Å². The standard InChI is InChI=1S/C17H20ClN/c18-15-8-11-17-14(12-15)7-10-16(19-17)9-6-13-4-2-1-3-5-13/h7-8,10-13H,1-6,9H2. The SMILES string of the molecule is Clc1ccc2nc(CCC3CCCCC3)ccc2c1. The molecule has 0 unspecified atom stereocenters. The predicted octanol–water partition coefficient (Wildman–Crippen LogP) is 5.40. The van der Waals surface area contributed by atoms with Crippen molar-refractivity contribution in [2.24, 2.45) is 5.92 Å². The first kappa shape index (κ1) is 12.9. The summed E-state index contributed by atoms with van der Waals surface area (Å²) < 4.78 is 0. The zero-order valence-corrected chi connectivity index (χ0v) is 12.0. The molecule has 1 nitrogen and oxygen atoms in total. The number of halogens is 1. The predicted molar refractivity (Wildman–Crippen MR) is 81.6 cm³/mol. The van der Waals surface area contributed by atoms with E-state index in [4.69, 9.17) is 16.6 Å². The maximum atomic E-state index is 5.99. The first-order chi connectivity index (χ1) is 9.31. The Kier molecular flexibility index (Phi) is 4.03. The second-order valence-corrected chi connectivity index (χ2v) is 6.12. The molecule has 0 N–H and O–H groups in total. The fourth-order valence-electron chi connectivity index (χ4n) is 3.11. The van der Waals surface area contributed by atoms with Crippen LogP contribution < -0.4 is 0 Å². The second kappa shape index (κ2) is 5.92. The van der Waals surface area contributed by atoms with Gasteiger partial charge in [0.2, 0.25) is 0 Å². The average molecular weight is 274 g/mol. The summed E-state index contributed by atoms with van der Waals surface area (Å²) in [6.45, 7) is 0. The summed E-state index contributed by atoms with van der Waals surface area (Å²) in [6.07, 6.45) is 9.54. The smallest absolute Gasteiger partial charge is 0.0706 e. The van der Waals surface area contributed by atoms with Crippen LogP contribution in [0.4, 0.5) is 0 Å². The molecule has 1 aromatic carbocycles. The lowest BCUT2D eigenvalue weighted by Gasteiger charge is -2.21. The summed E-state index contributed by atoms with van der Waals surface area (Å²) in [5, 5.41) is 1.91. The molecule has 0 radical (unpaired) electrons. The van der Waals surface area contributed by atoms with E-state index in [9.17, 15) is 0 Å². The fraction of sp³-hybridized carbons (Fsp3) is 0.471. The highest BCUT2D eigenvalue weighted by molar-refractivity contribution is 6.31. The lowest BCUT2D eigenvalue weighted by Crippen LogP contribution is -2.07. The van der Waals surface area contributed by atoms with E-state index in [0.717, 1.165) is 28.3 Å². The molecule has 0 spiro atoms. The van der Waals surface area contributed by atoms with Crippen molar-refractivity contribution in [2.45, 2.75) is 44.9 Å². The van der Waals surface area contributed by atoms with Gasteiger partial charge in [-0.1, -0.05) is 49.8 Å². The van der Waals surface area contributed by atoms with Gasteiger partial charge in [-0.15, -0.1) is 0 Å². The molecule has 0 bridgehead atoms. The third-order valence-electron chi connectivity index (χ3n) is 4.24. The van der Waals surface area contributed by atoms with Crippen LogP contribution in [0.5, 0.6) is 0 Å². The van der Waals surface area contributed by atoms with E-state index < -0.39 is 0 Å². The molecule has 1 aliphatic rings. The monoisotopic (exact) mass is 273 g/mol. The molecule has 1 aromatic heterocycles. The molecule has 3 rings (SSSR count). The molecule has 2 heteroatoms. The zero-order chi connectivity index (χ0) is 13.1. The largest absolute Gasteiger partial charge is 0.253 e. The molecule has 100 valence electrons. The number of aromatic nitrogens is 1. The minimum atomic E-state index is 0.782. The summed E-state index contributed by atoms with van der Waals surface area (Å²) in [6, 6.07) is 10.2. The van der Waals surface area contributed by atoms with Crippen molar-refractivity contribution in [3.63, 3.8) is 0 Å². The number of hydrogen-bond acceptors (Lipinski definition) is 1. The van der Waals surface area contributed by atoms with Crippen molar-refractivity contribution >= 4 is 22.5 Å². The van der Waals surface area contributed by atoms with E-state index in [1.165, 1.54) is 44.2 Å². The summed E-state index contributed by atoms with van der Waals surface area (Å²) in [5.41, 5.74) is 2.28. The van der Waals surface area contributed by atoms with Crippen LogP contribution in [0.2, 0.25) is 5.02 Å². The molecule has 19 heavy (non-hydrogen) atoms. The number of rotatable bonds is 3. The quantitative estimate of drug-likeness (QED) is 0.729. The first-order valence-electron chi connectivity index (χ1n) is 7.36. The fourth-order valence-corrected chi connectivity index (χ4v) is 3.29. The second-order valence-electron chi connectivity index (χ2n) is 5.68. The molecule has 1 heterocycles. The van der Waals surface area contributed by atoms with Crippen molar-refractivity contribution in [3.05, 3.63) is 41.0 Å². The van der Waals surface area contributed by atoms with E-state index in [0.29, 0.717) is 0 Å². The van der Waals surface area contributed by atoms with Crippen LogP contribution in [0.3, 0.4) is 0 Å². The summed E-state index contributed by atoms with van der Waals surface area (Å²) >= 11 is 5.99. The molecule has 0 saturated heterocycles. The van der Waals surface area contributed by atoms with Gasteiger partial charge in [0.15, 0.2) is 0 Å². The number of pyridine rings is 1. The van der Waals surface area contributed by atoms with E-state index in [-0.39, 0.29) is 0 Å². The lowest BCUT2D eigenvalue weighted by molar-refractivity contribution is 0.338. The van der Waals surface area contributed by atoms with Gasteiger partial charge < -0.3 is 0 Å². The molecular weight excluding hydrogens is 254 g/mol. The van der Waals surface area contributed by atoms with Crippen LogP contribution in [0.1, 0.15) is 44.2 Å². The van der Waals surface area contributed by atoms with Crippen LogP contribution in [-0.2, 0) is 6.42 Å². The third kappa shape index (κ3) is 3.27. The molecule has 0 atom stereocenters. The Bertz CT molecular complexity index is 558. The Morgan fingerprint density at radius 1 is 1.05 bits per heavy atom. The highest BCUT2D eigenvalue weighted by atomic mass is 35.5. The average Bonchev–Trinajstić information content (AvgIpc) is 2.46. The van der Waals surface area contributed by atoms with E-state index in [2.05, 4.69) is 12.1 Å². The summed E-state index contributed by atoms with van der Waals surface area (Å²) in [5.74, 6) is 0.927. The number of nitrogens with zero attached hydrogens (tertiary/aromatic N) is 1. The Hall–Kier alpha value is -1.08. The Morgan fingerprint density at radius 3 is 2.74 bits per heavy atom. The Balaban J connectivity index is 1.69. The highest BCUT2D eigenvalue weighted by Crippen LogP contribution is 2.27. The maximum absolute atomic E-state index is 5.99. The molecule has 2 aromatic rings. The van der Waals surface area contributed by atoms with Crippen LogP contribution in [0.15, 0.2) is 30.3 Å². The van der Waals surface area contributed by atoms with Crippen molar-refractivity contribution in [1.29, 1.82) is 0 Å². The molecule has 1 fully saturated rings. The summed E-state index contributed by atoms with van der Waals surface area (Å²) in [7, 11) is 0. The Labute approximate surface area is 120 Å². The number of benzene rings is 1. The molecule has 1 aliphatic carbocycles.